The minimum atomic E-state index is -0.346. The molecule has 0 atom stereocenters. The molecule has 7 nitrogen and oxygen atoms in total. The van der Waals surface area contributed by atoms with Gasteiger partial charge in [0.05, 0.1) is 0 Å². The average molecular weight is 382 g/mol. The van der Waals surface area contributed by atoms with Crippen LogP contribution in [0.15, 0.2) is 41.2 Å². The topological polar surface area (TPSA) is 86.4 Å². The second kappa shape index (κ2) is 7.96. The highest BCUT2D eigenvalue weighted by Gasteiger charge is 2.24. The fraction of sp³-hybridized carbons (Fsp3) is 0.429. The summed E-state index contributed by atoms with van der Waals surface area (Å²) in [4.78, 5) is 40.0. The van der Waals surface area contributed by atoms with Crippen LogP contribution in [-0.2, 0) is 5.41 Å². The van der Waals surface area contributed by atoms with E-state index < -0.39 is 0 Å². The molecule has 0 saturated carbocycles. The summed E-state index contributed by atoms with van der Waals surface area (Å²) in [5.41, 5.74) is 1.75. The minimum absolute atomic E-state index is 0.0167. The third-order valence-corrected chi connectivity index (χ3v) is 4.97. The second-order valence-corrected chi connectivity index (χ2v) is 8.07. The Bertz CT molecular complexity index is 892. The Balaban J connectivity index is 1.66. The standard InChI is InChI=1S/C21H26N4O3/c1-21(2,3)16-7-5-15(6-8-16)19(27)24-11-4-12-25(14-13-24)20(28)17-9-10-18(26)23-22-17/h5-10H,4,11-14H2,1-3H3,(H,23,26). The van der Waals surface area contributed by atoms with Crippen LogP contribution in [0.4, 0.5) is 0 Å². The molecule has 7 heteroatoms. The fourth-order valence-electron chi connectivity index (χ4n) is 3.24. The van der Waals surface area contributed by atoms with Gasteiger partial charge in [0, 0.05) is 37.8 Å². The number of benzene rings is 1. The number of aromatic amines is 1. The van der Waals surface area contributed by atoms with E-state index in [1.165, 1.54) is 17.7 Å². The molecule has 3 rings (SSSR count). The van der Waals surface area contributed by atoms with Crippen LogP contribution in [0, 0.1) is 0 Å². The maximum atomic E-state index is 12.9. The highest BCUT2D eigenvalue weighted by Crippen LogP contribution is 2.22. The molecule has 1 N–H and O–H groups in total. The molecule has 1 aliphatic heterocycles. The monoisotopic (exact) mass is 382 g/mol. The molecule has 0 spiro atoms. The van der Waals surface area contributed by atoms with Crippen molar-refractivity contribution in [1.82, 2.24) is 20.0 Å². The minimum Gasteiger partial charge on any atom is -0.337 e. The zero-order valence-electron chi connectivity index (χ0n) is 16.6. The van der Waals surface area contributed by atoms with E-state index >= 15 is 0 Å². The van der Waals surface area contributed by atoms with Gasteiger partial charge in [0.2, 0.25) is 0 Å². The first-order valence-electron chi connectivity index (χ1n) is 9.50. The largest absolute Gasteiger partial charge is 0.337 e. The molecular formula is C21H26N4O3. The summed E-state index contributed by atoms with van der Waals surface area (Å²) in [7, 11) is 0. The third-order valence-electron chi connectivity index (χ3n) is 4.97. The lowest BCUT2D eigenvalue weighted by atomic mass is 9.86. The van der Waals surface area contributed by atoms with E-state index in [0.29, 0.717) is 38.2 Å². The Hall–Kier alpha value is -2.96. The number of rotatable bonds is 2. The van der Waals surface area contributed by atoms with Gasteiger partial charge in [0.25, 0.3) is 17.4 Å². The van der Waals surface area contributed by atoms with Crippen LogP contribution in [0.2, 0.25) is 0 Å². The molecule has 1 fully saturated rings. The Morgan fingerprint density at radius 2 is 1.50 bits per heavy atom. The van der Waals surface area contributed by atoms with E-state index in [0.717, 1.165) is 0 Å². The third kappa shape index (κ3) is 4.47. The van der Waals surface area contributed by atoms with Gasteiger partial charge in [0.1, 0.15) is 5.69 Å². The van der Waals surface area contributed by atoms with Crippen molar-refractivity contribution in [3.05, 3.63) is 63.6 Å². The Morgan fingerprint density at radius 1 is 0.893 bits per heavy atom. The van der Waals surface area contributed by atoms with Crippen LogP contribution in [0.1, 0.15) is 53.6 Å². The molecule has 2 heterocycles. The van der Waals surface area contributed by atoms with Crippen LogP contribution in [0.5, 0.6) is 0 Å². The molecule has 1 aliphatic rings. The summed E-state index contributed by atoms with van der Waals surface area (Å²) in [6.45, 7) is 8.47. The summed E-state index contributed by atoms with van der Waals surface area (Å²) in [6.07, 6.45) is 0.695. The van der Waals surface area contributed by atoms with Crippen molar-refractivity contribution in [1.29, 1.82) is 0 Å². The van der Waals surface area contributed by atoms with Gasteiger partial charge < -0.3 is 9.80 Å². The van der Waals surface area contributed by atoms with Crippen LogP contribution in [-0.4, -0.2) is 58.0 Å². The van der Waals surface area contributed by atoms with Gasteiger partial charge in [-0.1, -0.05) is 32.9 Å². The first-order valence-corrected chi connectivity index (χ1v) is 9.50. The summed E-state index contributed by atoms with van der Waals surface area (Å²) in [5.74, 6) is -0.253. The number of nitrogens with one attached hydrogen (secondary N) is 1. The van der Waals surface area contributed by atoms with Crippen molar-refractivity contribution in [2.24, 2.45) is 0 Å². The first kappa shape index (κ1) is 19.8. The van der Waals surface area contributed by atoms with E-state index in [9.17, 15) is 14.4 Å². The molecule has 0 aliphatic carbocycles. The molecule has 2 aromatic rings. The number of H-pyrrole nitrogens is 1. The predicted molar refractivity (Wildman–Crippen MR) is 106 cm³/mol. The quantitative estimate of drug-likeness (QED) is 0.861. The van der Waals surface area contributed by atoms with Crippen molar-refractivity contribution in [2.45, 2.75) is 32.6 Å². The zero-order valence-corrected chi connectivity index (χ0v) is 16.6. The lowest BCUT2D eigenvalue weighted by Gasteiger charge is -2.23. The SMILES string of the molecule is CC(C)(C)c1ccc(C(=O)N2CCCN(C(=O)c3ccc(=O)[nH]n3)CC2)cc1. The van der Waals surface area contributed by atoms with Gasteiger partial charge in [-0.25, -0.2) is 5.10 Å². The summed E-state index contributed by atoms with van der Waals surface area (Å²) in [6, 6.07) is 10.5. The van der Waals surface area contributed by atoms with Crippen molar-refractivity contribution in [3.63, 3.8) is 0 Å². The van der Waals surface area contributed by atoms with Crippen molar-refractivity contribution in [2.75, 3.05) is 26.2 Å². The average Bonchev–Trinajstić information content (AvgIpc) is 2.93. The lowest BCUT2D eigenvalue weighted by molar-refractivity contribution is 0.0715. The molecule has 1 aromatic carbocycles. The molecule has 0 radical (unpaired) electrons. The molecule has 2 amide bonds. The molecular weight excluding hydrogens is 356 g/mol. The highest BCUT2D eigenvalue weighted by molar-refractivity contribution is 5.94. The fourth-order valence-corrected chi connectivity index (χ4v) is 3.24. The van der Waals surface area contributed by atoms with Gasteiger partial charge in [-0.15, -0.1) is 0 Å². The van der Waals surface area contributed by atoms with Crippen molar-refractivity contribution < 1.29 is 9.59 Å². The van der Waals surface area contributed by atoms with Gasteiger partial charge in [-0.2, -0.15) is 5.10 Å². The maximum absolute atomic E-state index is 12.9. The van der Waals surface area contributed by atoms with E-state index in [1.54, 1.807) is 9.80 Å². The van der Waals surface area contributed by atoms with Gasteiger partial charge >= 0.3 is 0 Å². The zero-order chi connectivity index (χ0) is 20.3. The van der Waals surface area contributed by atoms with E-state index in [2.05, 4.69) is 31.0 Å². The van der Waals surface area contributed by atoms with Crippen LogP contribution < -0.4 is 5.56 Å². The molecule has 0 bridgehead atoms. The summed E-state index contributed by atoms with van der Waals surface area (Å²) >= 11 is 0. The van der Waals surface area contributed by atoms with Gasteiger partial charge in [-0.3, -0.25) is 14.4 Å². The van der Waals surface area contributed by atoms with Gasteiger partial charge in [0.15, 0.2) is 0 Å². The highest BCUT2D eigenvalue weighted by atomic mass is 16.2. The van der Waals surface area contributed by atoms with Crippen molar-refractivity contribution in [3.8, 4) is 0 Å². The Labute approximate surface area is 164 Å². The molecule has 1 aromatic heterocycles. The lowest BCUT2D eigenvalue weighted by Crippen LogP contribution is -2.37. The molecule has 148 valence electrons. The van der Waals surface area contributed by atoms with Crippen LogP contribution in [0.25, 0.3) is 0 Å². The Morgan fingerprint density at radius 3 is 2.04 bits per heavy atom. The smallest absolute Gasteiger partial charge is 0.274 e. The maximum Gasteiger partial charge on any atom is 0.274 e. The summed E-state index contributed by atoms with van der Waals surface area (Å²) in [5, 5.41) is 6.09. The number of aromatic nitrogens is 2. The van der Waals surface area contributed by atoms with Crippen LogP contribution in [0.3, 0.4) is 0 Å². The van der Waals surface area contributed by atoms with E-state index in [4.69, 9.17) is 0 Å². The first-order chi connectivity index (χ1) is 13.3. The number of nitrogens with zero attached hydrogens (tertiary/aromatic N) is 3. The number of hydrogen-bond acceptors (Lipinski definition) is 4. The Kier molecular flexibility index (Phi) is 5.63. The predicted octanol–water partition coefficient (Wildman–Crippen LogP) is 2.06. The second-order valence-electron chi connectivity index (χ2n) is 8.07. The number of amides is 2. The number of carbonyl (C=O) groups is 2. The van der Waals surface area contributed by atoms with Gasteiger partial charge in [-0.05, 0) is 35.6 Å². The number of carbonyl (C=O) groups excluding carboxylic acids is 2. The van der Waals surface area contributed by atoms with Crippen LogP contribution >= 0.6 is 0 Å². The normalized spacial score (nSPS) is 15.2. The van der Waals surface area contributed by atoms with E-state index in [1.807, 2.05) is 24.3 Å². The summed E-state index contributed by atoms with van der Waals surface area (Å²) < 4.78 is 0. The number of hydrogen-bond donors (Lipinski definition) is 1. The van der Waals surface area contributed by atoms with Crippen molar-refractivity contribution >= 4 is 11.8 Å². The molecule has 1 saturated heterocycles. The molecule has 28 heavy (non-hydrogen) atoms. The molecule has 0 unspecified atom stereocenters. The van der Waals surface area contributed by atoms with E-state index in [-0.39, 0.29) is 28.5 Å².